The number of rotatable bonds is 3. The van der Waals surface area contributed by atoms with Crippen molar-refractivity contribution < 1.29 is 30.7 Å². The quantitative estimate of drug-likeness (QED) is 0.499. The molecular weight excluding hydrogens is 396 g/mol. The molecule has 0 aliphatic carbocycles. The molecule has 11 heteroatoms. The molecule has 0 saturated carbocycles. The van der Waals surface area contributed by atoms with Crippen molar-refractivity contribution in [2.45, 2.75) is 4.90 Å². The first-order chi connectivity index (χ1) is 12.7. The van der Waals surface area contributed by atoms with Crippen molar-refractivity contribution in [1.29, 1.82) is 0 Å². The largest absolute Gasteiger partial charge is 0.506 e. The second-order valence-corrected chi connectivity index (χ2v) is 6.80. The highest BCUT2D eigenvalue weighted by molar-refractivity contribution is 7.86. The summed E-state index contributed by atoms with van der Waals surface area (Å²) in [5.74, 6) is -0.228. The maximum atomic E-state index is 11.6. The molecule has 0 fully saturated rings. The molecule has 140 valence electrons. The van der Waals surface area contributed by atoms with Crippen molar-refractivity contribution in [3.05, 3.63) is 60.7 Å². The third kappa shape index (κ3) is 5.41. The number of hydrogen-bond acceptors (Lipinski definition) is 8. The van der Waals surface area contributed by atoms with Gasteiger partial charge in [0, 0.05) is 5.39 Å². The lowest BCUT2D eigenvalue weighted by atomic mass is 10.1. The van der Waals surface area contributed by atoms with Gasteiger partial charge < -0.3 is 5.11 Å². The first kappa shape index (κ1) is 20.2. The van der Waals surface area contributed by atoms with Gasteiger partial charge in [-0.1, -0.05) is 36.4 Å². The van der Waals surface area contributed by atoms with Crippen molar-refractivity contribution in [2.24, 2.45) is 10.2 Å². The van der Waals surface area contributed by atoms with E-state index >= 15 is 0 Å². The maximum Gasteiger partial charge on any atom is 0.425 e. The van der Waals surface area contributed by atoms with E-state index in [0.29, 0.717) is 11.1 Å². The van der Waals surface area contributed by atoms with Crippen LogP contribution in [0.3, 0.4) is 0 Å². The van der Waals surface area contributed by atoms with Crippen LogP contribution in [0.25, 0.3) is 10.8 Å². The highest BCUT2D eigenvalue weighted by Gasteiger charge is 2.18. The predicted molar refractivity (Wildman–Crippen MR) is 95.7 cm³/mol. The molecule has 0 atom stereocenters. The third-order valence-corrected chi connectivity index (χ3v) is 4.15. The van der Waals surface area contributed by atoms with E-state index in [4.69, 9.17) is 12.6 Å². The molecule has 9 nitrogen and oxygen atoms in total. The highest BCUT2D eigenvalue weighted by atomic mass is 32.2. The molecule has 0 saturated heterocycles. The number of benzene rings is 3. The number of hydrogen-bond donors (Lipinski definition) is 2. The number of nitrogens with zero attached hydrogens (tertiary/aromatic N) is 2. The molecule has 0 aliphatic heterocycles. The van der Waals surface area contributed by atoms with Crippen molar-refractivity contribution in [3.63, 3.8) is 0 Å². The highest BCUT2D eigenvalue weighted by Crippen LogP contribution is 2.39. The van der Waals surface area contributed by atoms with Gasteiger partial charge in [0.25, 0.3) is 10.1 Å². The van der Waals surface area contributed by atoms with E-state index in [9.17, 15) is 18.1 Å². The van der Waals surface area contributed by atoms with Crippen molar-refractivity contribution in [1.82, 2.24) is 0 Å². The van der Waals surface area contributed by atoms with E-state index in [0.717, 1.165) is 0 Å². The summed E-state index contributed by atoms with van der Waals surface area (Å²) in [6.07, 6.45) is 0. The summed E-state index contributed by atoms with van der Waals surface area (Å²) in [7, 11) is -7.58. The van der Waals surface area contributed by atoms with Crippen LogP contribution in [-0.2, 0) is 20.7 Å². The third-order valence-electron chi connectivity index (χ3n) is 3.26. The summed E-state index contributed by atoms with van der Waals surface area (Å²) in [6, 6.07) is 16.2. The van der Waals surface area contributed by atoms with Crippen molar-refractivity contribution in [3.8, 4) is 5.75 Å². The minimum atomic E-state index is -4.46. The smallest absolute Gasteiger partial charge is 0.425 e. The van der Waals surface area contributed by atoms with Crippen LogP contribution in [0.2, 0.25) is 0 Å². The van der Waals surface area contributed by atoms with Gasteiger partial charge in [-0.2, -0.15) is 13.5 Å². The zero-order chi connectivity index (χ0) is 20.0. The number of phenols is 1. The minimum Gasteiger partial charge on any atom is -0.506 e. The van der Waals surface area contributed by atoms with Crippen LogP contribution in [0.15, 0.2) is 75.8 Å². The Kier molecular flexibility index (Phi) is 6.34. The molecule has 3 aromatic rings. The van der Waals surface area contributed by atoms with E-state index < -0.39 is 20.7 Å². The SMILES string of the molecule is O=S(=O)(O)c1cccc2ccc(O)c(N=Nc3ccccc3)c12.O=S(=O)=O. The van der Waals surface area contributed by atoms with Gasteiger partial charge in [-0.05, 0) is 29.7 Å². The first-order valence-electron chi connectivity index (χ1n) is 7.16. The average molecular weight is 408 g/mol. The minimum absolute atomic E-state index is 0.0143. The van der Waals surface area contributed by atoms with E-state index in [1.807, 2.05) is 6.07 Å². The van der Waals surface area contributed by atoms with Crippen LogP contribution in [0.5, 0.6) is 5.75 Å². The van der Waals surface area contributed by atoms with Crippen LogP contribution in [-0.4, -0.2) is 30.7 Å². The Balaban J connectivity index is 0.000000596. The van der Waals surface area contributed by atoms with Gasteiger partial charge >= 0.3 is 10.6 Å². The summed E-state index contributed by atoms with van der Waals surface area (Å²) < 4.78 is 57.9. The zero-order valence-corrected chi connectivity index (χ0v) is 15.1. The Labute approximate surface area is 155 Å². The Morgan fingerprint density at radius 1 is 0.815 bits per heavy atom. The summed E-state index contributed by atoms with van der Waals surface area (Å²) in [6.45, 7) is 0. The van der Waals surface area contributed by atoms with E-state index in [1.54, 1.807) is 36.4 Å². The lowest BCUT2D eigenvalue weighted by Crippen LogP contribution is -1.99. The van der Waals surface area contributed by atoms with E-state index in [-0.39, 0.29) is 21.7 Å². The Morgan fingerprint density at radius 2 is 1.44 bits per heavy atom. The normalized spacial score (nSPS) is 11.1. The predicted octanol–water partition coefficient (Wildman–Crippen LogP) is 3.20. The zero-order valence-electron chi connectivity index (χ0n) is 13.4. The van der Waals surface area contributed by atoms with Gasteiger partial charge in [0.1, 0.15) is 16.3 Å². The number of phenolic OH excluding ortho intramolecular Hbond substituents is 1. The van der Waals surface area contributed by atoms with E-state index in [1.165, 1.54) is 18.2 Å². The van der Waals surface area contributed by atoms with Crippen LogP contribution in [0.4, 0.5) is 11.4 Å². The molecule has 0 radical (unpaired) electrons. The number of aromatic hydroxyl groups is 1. The standard InChI is InChI=1S/C16H12N2O4S.O3S/c19-13-10-9-11-5-4-8-14(23(20,21)22)15(11)16(13)18-17-12-6-2-1-3-7-12;1-4(2)3/h1-10,19H,(H,20,21,22);. The average Bonchev–Trinajstić information content (AvgIpc) is 2.60. The topological polar surface area (TPSA) is 151 Å². The maximum absolute atomic E-state index is 11.6. The van der Waals surface area contributed by atoms with Gasteiger partial charge in [-0.15, -0.1) is 17.7 Å². The van der Waals surface area contributed by atoms with Gasteiger partial charge in [0.15, 0.2) is 0 Å². The van der Waals surface area contributed by atoms with Crippen LogP contribution >= 0.6 is 0 Å². The molecular formula is C16H12N2O7S2. The van der Waals surface area contributed by atoms with Gasteiger partial charge in [0.2, 0.25) is 0 Å². The van der Waals surface area contributed by atoms with Gasteiger partial charge in [0.05, 0.1) is 5.69 Å². The van der Waals surface area contributed by atoms with Gasteiger partial charge in [-0.25, -0.2) is 0 Å². The fraction of sp³-hybridized carbons (Fsp3) is 0. The lowest BCUT2D eigenvalue weighted by molar-refractivity contribution is 0.477. The molecule has 27 heavy (non-hydrogen) atoms. The van der Waals surface area contributed by atoms with Crippen molar-refractivity contribution in [2.75, 3.05) is 0 Å². The molecule has 3 rings (SSSR count). The van der Waals surface area contributed by atoms with Crippen molar-refractivity contribution >= 4 is 42.9 Å². The molecule has 0 heterocycles. The molecule has 0 aliphatic rings. The summed E-state index contributed by atoms with van der Waals surface area (Å²) in [4.78, 5) is -0.326. The second-order valence-electron chi connectivity index (χ2n) is 5.00. The van der Waals surface area contributed by atoms with E-state index in [2.05, 4.69) is 10.2 Å². The molecule has 2 N–H and O–H groups in total. The first-order valence-corrected chi connectivity index (χ1v) is 9.60. The molecule has 3 aromatic carbocycles. The Bertz CT molecular complexity index is 1200. The molecule has 0 aromatic heterocycles. The fourth-order valence-corrected chi connectivity index (χ4v) is 2.96. The lowest BCUT2D eigenvalue weighted by Gasteiger charge is -2.08. The second kappa shape index (κ2) is 8.49. The Morgan fingerprint density at radius 3 is 2.04 bits per heavy atom. The summed E-state index contributed by atoms with van der Waals surface area (Å²) in [5.41, 5.74) is 0.535. The monoisotopic (exact) mass is 408 g/mol. The van der Waals surface area contributed by atoms with Crippen LogP contribution in [0.1, 0.15) is 0 Å². The Hall–Kier alpha value is -3.15. The molecule has 0 unspecified atom stereocenters. The molecule has 0 bridgehead atoms. The van der Waals surface area contributed by atoms with Crippen LogP contribution in [0, 0.1) is 0 Å². The van der Waals surface area contributed by atoms with Crippen LogP contribution < -0.4 is 0 Å². The summed E-state index contributed by atoms with van der Waals surface area (Å²) in [5, 5.41) is 18.7. The van der Waals surface area contributed by atoms with Gasteiger partial charge in [-0.3, -0.25) is 4.55 Å². The molecule has 0 amide bonds. The molecule has 0 spiro atoms. The summed E-state index contributed by atoms with van der Waals surface area (Å²) >= 11 is 0. The number of fused-ring (bicyclic) bond motifs is 1. The number of azo groups is 1. The fourth-order valence-electron chi connectivity index (χ4n) is 2.23.